The molecule has 1 aliphatic rings. The molecule has 0 aromatic rings. The monoisotopic (exact) mass is 312 g/mol. The van der Waals surface area contributed by atoms with Crippen LogP contribution in [0.1, 0.15) is 47.5 Å². The first-order valence-corrected chi connectivity index (χ1v) is 8.90. The Morgan fingerprint density at radius 1 is 1.32 bits per heavy atom. The van der Waals surface area contributed by atoms with Crippen molar-refractivity contribution >= 4 is 5.96 Å². The number of rotatable bonds is 8. The largest absolute Gasteiger partial charge is 0.379 e. The summed E-state index contributed by atoms with van der Waals surface area (Å²) in [6, 6.07) is 0.936. The number of morpholine rings is 1. The average molecular weight is 313 g/mol. The van der Waals surface area contributed by atoms with Crippen LogP contribution in [0.15, 0.2) is 4.99 Å². The smallest absolute Gasteiger partial charge is 0.191 e. The number of guanidine groups is 1. The molecule has 1 saturated heterocycles. The van der Waals surface area contributed by atoms with Crippen LogP contribution in [0.3, 0.4) is 0 Å². The molecule has 0 spiro atoms. The molecule has 5 nitrogen and oxygen atoms in total. The van der Waals surface area contributed by atoms with Gasteiger partial charge in [-0.2, -0.15) is 0 Å². The average Bonchev–Trinajstić information content (AvgIpc) is 2.49. The van der Waals surface area contributed by atoms with Gasteiger partial charge in [0.25, 0.3) is 0 Å². The fourth-order valence-electron chi connectivity index (χ4n) is 2.78. The predicted molar refractivity (Wildman–Crippen MR) is 94.5 cm³/mol. The summed E-state index contributed by atoms with van der Waals surface area (Å²) in [5.41, 5.74) is 0. The van der Waals surface area contributed by atoms with E-state index >= 15 is 0 Å². The third-order valence-corrected chi connectivity index (χ3v) is 4.09. The Labute approximate surface area is 136 Å². The molecule has 0 saturated carbocycles. The van der Waals surface area contributed by atoms with Crippen molar-refractivity contribution in [3.05, 3.63) is 0 Å². The lowest BCUT2D eigenvalue weighted by atomic mass is 10.1. The van der Waals surface area contributed by atoms with Crippen molar-refractivity contribution < 1.29 is 4.74 Å². The predicted octanol–water partition coefficient (Wildman–Crippen LogP) is 2.09. The molecule has 0 aliphatic carbocycles. The molecule has 22 heavy (non-hydrogen) atoms. The van der Waals surface area contributed by atoms with E-state index in [1.807, 2.05) is 0 Å². The number of hydrogen-bond donors (Lipinski definition) is 2. The Morgan fingerprint density at radius 2 is 2.09 bits per heavy atom. The summed E-state index contributed by atoms with van der Waals surface area (Å²) in [7, 11) is 0. The van der Waals surface area contributed by atoms with Crippen molar-refractivity contribution in [3.8, 4) is 0 Å². The van der Waals surface area contributed by atoms with Gasteiger partial charge in [0.15, 0.2) is 5.96 Å². The van der Waals surface area contributed by atoms with E-state index in [9.17, 15) is 0 Å². The number of nitrogens with zero attached hydrogens (tertiary/aromatic N) is 2. The Hall–Kier alpha value is -0.810. The summed E-state index contributed by atoms with van der Waals surface area (Å²) in [5, 5.41) is 6.78. The lowest BCUT2D eigenvalue weighted by molar-refractivity contribution is -0.0165. The van der Waals surface area contributed by atoms with Gasteiger partial charge < -0.3 is 15.4 Å². The molecule has 1 aliphatic heterocycles. The van der Waals surface area contributed by atoms with Crippen LogP contribution in [0.2, 0.25) is 0 Å². The van der Waals surface area contributed by atoms with Gasteiger partial charge in [0, 0.05) is 31.7 Å². The topological polar surface area (TPSA) is 48.9 Å². The maximum Gasteiger partial charge on any atom is 0.191 e. The maximum atomic E-state index is 5.51. The van der Waals surface area contributed by atoms with E-state index in [4.69, 9.17) is 9.73 Å². The zero-order valence-electron chi connectivity index (χ0n) is 15.2. The molecule has 2 N–H and O–H groups in total. The van der Waals surface area contributed by atoms with Crippen LogP contribution < -0.4 is 10.6 Å². The van der Waals surface area contributed by atoms with E-state index in [-0.39, 0.29) is 0 Å². The SMILES string of the molecule is CCNC(=NCC(C)N1CCOCC1C)NCCCC(C)C. The number of ether oxygens (including phenoxy) is 1. The molecule has 0 aromatic carbocycles. The Bertz CT molecular complexity index is 320. The highest BCUT2D eigenvalue weighted by atomic mass is 16.5. The molecular weight excluding hydrogens is 276 g/mol. The van der Waals surface area contributed by atoms with Crippen LogP contribution in [0.5, 0.6) is 0 Å². The van der Waals surface area contributed by atoms with Crippen LogP contribution in [0, 0.1) is 5.92 Å². The molecule has 0 radical (unpaired) electrons. The third kappa shape index (κ3) is 7.45. The number of hydrogen-bond acceptors (Lipinski definition) is 3. The van der Waals surface area contributed by atoms with Gasteiger partial charge in [-0.25, -0.2) is 0 Å². The van der Waals surface area contributed by atoms with E-state index in [1.54, 1.807) is 0 Å². The molecular formula is C17H36N4O. The summed E-state index contributed by atoms with van der Waals surface area (Å²) in [6.07, 6.45) is 2.45. The zero-order chi connectivity index (χ0) is 16.4. The van der Waals surface area contributed by atoms with Crippen molar-refractivity contribution in [2.24, 2.45) is 10.9 Å². The minimum absolute atomic E-state index is 0.449. The molecule has 2 unspecified atom stereocenters. The van der Waals surface area contributed by atoms with Crippen molar-refractivity contribution in [2.75, 3.05) is 39.4 Å². The van der Waals surface area contributed by atoms with E-state index in [0.717, 1.165) is 51.3 Å². The Morgan fingerprint density at radius 3 is 2.73 bits per heavy atom. The van der Waals surface area contributed by atoms with Crippen LogP contribution in [0.25, 0.3) is 0 Å². The first kappa shape index (κ1) is 19.2. The van der Waals surface area contributed by atoms with E-state index in [1.165, 1.54) is 12.8 Å². The molecule has 2 atom stereocenters. The van der Waals surface area contributed by atoms with E-state index in [0.29, 0.717) is 12.1 Å². The minimum atomic E-state index is 0.449. The second kappa shape index (κ2) is 10.8. The van der Waals surface area contributed by atoms with Gasteiger partial charge in [-0.15, -0.1) is 0 Å². The highest BCUT2D eigenvalue weighted by molar-refractivity contribution is 5.79. The van der Waals surface area contributed by atoms with Crippen LogP contribution in [-0.4, -0.2) is 62.3 Å². The molecule has 130 valence electrons. The van der Waals surface area contributed by atoms with E-state index < -0.39 is 0 Å². The standard InChI is InChI=1S/C17H36N4O/c1-6-18-17(19-9-7-8-14(2)3)20-12-15(4)21-10-11-22-13-16(21)5/h14-16H,6-13H2,1-5H3,(H2,18,19,20). The maximum absolute atomic E-state index is 5.51. The van der Waals surface area contributed by atoms with Gasteiger partial charge in [0.1, 0.15) is 0 Å². The summed E-state index contributed by atoms with van der Waals surface area (Å²) < 4.78 is 5.51. The van der Waals surface area contributed by atoms with Crippen molar-refractivity contribution in [1.82, 2.24) is 15.5 Å². The second-order valence-corrected chi connectivity index (χ2v) is 6.69. The summed E-state index contributed by atoms with van der Waals surface area (Å²) in [5.74, 6) is 1.71. The summed E-state index contributed by atoms with van der Waals surface area (Å²) >= 11 is 0. The Balaban J connectivity index is 2.39. The van der Waals surface area contributed by atoms with Crippen LogP contribution in [-0.2, 0) is 4.74 Å². The van der Waals surface area contributed by atoms with E-state index in [2.05, 4.69) is 50.2 Å². The summed E-state index contributed by atoms with van der Waals surface area (Å²) in [4.78, 5) is 7.25. The van der Waals surface area contributed by atoms with Crippen LogP contribution >= 0.6 is 0 Å². The lowest BCUT2D eigenvalue weighted by Crippen LogP contribution is -2.49. The molecule has 0 bridgehead atoms. The van der Waals surface area contributed by atoms with Gasteiger partial charge in [-0.3, -0.25) is 9.89 Å². The molecule has 1 heterocycles. The zero-order valence-corrected chi connectivity index (χ0v) is 15.2. The van der Waals surface area contributed by atoms with Crippen molar-refractivity contribution in [3.63, 3.8) is 0 Å². The normalized spacial score (nSPS) is 21.9. The van der Waals surface area contributed by atoms with Gasteiger partial charge >= 0.3 is 0 Å². The van der Waals surface area contributed by atoms with Crippen molar-refractivity contribution in [1.29, 1.82) is 0 Å². The van der Waals surface area contributed by atoms with Gasteiger partial charge in [0.2, 0.25) is 0 Å². The van der Waals surface area contributed by atoms with Gasteiger partial charge in [0.05, 0.1) is 19.8 Å². The number of nitrogens with one attached hydrogen (secondary N) is 2. The molecule has 1 fully saturated rings. The highest BCUT2D eigenvalue weighted by Gasteiger charge is 2.23. The molecule has 0 aromatic heterocycles. The molecule has 1 rings (SSSR count). The quantitative estimate of drug-likeness (QED) is 0.409. The van der Waals surface area contributed by atoms with Crippen LogP contribution in [0.4, 0.5) is 0 Å². The number of aliphatic imine (C=N–C) groups is 1. The molecule has 0 amide bonds. The first-order valence-electron chi connectivity index (χ1n) is 8.90. The van der Waals surface area contributed by atoms with Crippen molar-refractivity contribution in [2.45, 2.75) is 59.5 Å². The first-order chi connectivity index (χ1) is 10.5. The fourth-order valence-corrected chi connectivity index (χ4v) is 2.78. The second-order valence-electron chi connectivity index (χ2n) is 6.69. The lowest BCUT2D eigenvalue weighted by Gasteiger charge is -2.37. The molecule has 5 heteroatoms. The fraction of sp³-hybridized carbons (Fsp3) is 0.941. The minimum Gasteiger partial charge on any atom is -0.379 e. The van der Waals surface area contributed by atoms with Gasteiger partial charge in [-0.1, -0.05) is 13.8 Å². The van der Waals surface area contributed by atoms with Gasteiger partial charge in [-0.05, 0) is 39.5 Å². The Kier molecular flexibility index (Phi) is 9.48. The highest BCUT2D eigenvalue weighted by Crippen LogP contribution is 2.10. The third-order valence-electron chi connectivity index (χ3n) is 4.09. The summed E-state index contributed by atoms with van der Waals surface area (Å²) in [6.45, 7) is 16.5.